The summed E-state index contributed by atoms with van der Waals surface area (Å²) in [5.41, 5.74) is 0.784. The zero-order chi connectivity index (χ0) is 21.7. The molecule has 142 valence electrons. The van der Waals surface area contributed by atoms with Crippen LogP contribution in [0.2, 0.25) is 10.0 Å². The van der Waals surface area contributed by atoms with E-state index in [1.54, 1.807) is 0 Å². The van der Waals surface area contributed by atoms with Gasteiger partial charge < -0.3 is 9.47 Å². The van der Waals surface area contributed by atoms with Crippen molar-refractivity contribution in [2.75, 3.05) is 0 Å². The molecule has 0 radical (unpaired) electrons. The van der Waals surface area contributed by atoms with E-state index in [1.807, 2.05) is 24.3 Å². The average Bonchev–Trinajstić information content (AvgIpc) is 2.76. The predicted octanol–water partition coefficient (Wildman–Crippen LogP) is 6.06. The first-order valence-corrected chi connectivity index (χ1v) is 8.98. The SMILES string of the molecule is N#Cc1ccc(Oc2cc(Oc3ccc(C#N)c(C#N)c3)c(Cl)cc2Cl)cc1C#N. The van der Waals surface area contributed by atoms with Crippen LogP contribution in [-0.4, -0.2) is 0 Å². The molecular weight excluding hydrogens is 423 g/mol. The average molecular weight is 431 g/mol. The van der Waals surface area contributed by atoms with E-state index in [4.69, 9.17) is 53.7 Å². The normalized spacial score (nSPS) is 9.53. The zero-order valence-corrected chi connectivity index (χ0v) is 16.5. The third-order valence-electron chi connectivity index (χ3n) is 3.91. The Balaban J connectivity index is 1.94. The summed E-state index contributed by atoms with van der Waals surface area (Å²) in [7, 11) is 0. The number of rotatable bonds is 4. The first-order chi connectivity index (χ1) is 14.5. The predicted molar refractivity (Wildman–Crippen MR) is 108 cm³/mol. The molecule has 0 bridgehead atoms. The van der Waals surface area contributed by atoms with Crippen molar-refractivity contribution in [2.45, 2.75) is 0 Å². The molecule has 0 aromatic heterocycles. The molecule has 0 unspecified atom stereocenters. The highest BCUT2D eigenvalue weighted by atomic mass is 35.5. The summed E-state index contributed by atoms with van der Waals surface area (Å²) in [6.07, 6.45) is 0. The second-order valence-corrected chi connectivity index (χ2v) is 6.59. The molecule has 0 saturated carbocycles. The Hall–Kier alpha value is -4.20. The minimum atomic E-state index is 0.165. The van der Waals surface area contributed by atoms with Gasteiger partial charge in [-0.1, -0.05) is 23.2 Å². The minimum Gasteiger partial charge on any atom is -0.456 e. The van der Waals surface area contributed by atoms with Gasteiger partial charge in [0.1, 0.15) is 47.3 Å². The smallest absolute Gasteiger partial charge is 0.149 e. The van der Waals surface area contributed by atoms with Crippen molar-refractivity contribution in [1.29, 1.82) is 21.0 Å². The molecule has 6 nitrogen and oxygen atoms in total. The van der Waals surface area contributed by atoms with Gasteiger partial charge in [-0.25, -0.2) is 0 Å². The highest BCUT2D eigenvalue weighted by Crippen LogP contribution is 2.40. The molecule has 0 spiro atoms. The number of hydrogen-bond acceptors (Lipinski definition) is 6. The highest BCUT2D eigenvalue weighted by Gasteiger charge is 2.14. The van der Waals surface area contributed by atoms with Gasteiger partial charge in [0.25, 0.3) is 0 Å². The first kappa shape index (κ1) is 20.5. The molecule has 3 aromatic rings. The molecule has 0 atom stereocenters. The lowest BCUT2D eigenvalue weighted by Gasteiger charge is -2.13. The van der Waals surface area contributed by atoms with Gasteiger partial charge in [0.05, 0.1) is 32.3 Å². The van der Waals surface area contributed by atoms with E-state index in [1.165, 1.54) is 48.5 Å². The molecule has 0 heterocycles. The standard InChI is InChI=1S/C22H8Cl2N4O2/c23-19-7-20(24)22(30-18-4-2-14(10-26)16(6-18)12-28)8-21(19)29-17-3-1-13(9-25)15(5-17)11-27/h1-8H. The van der Waals surface area contributed by atoms with Crippen LogP contribution >= 0.6 is 23.2 Å². The van der Waals surface area contributed by atoms with Crippen LogP contribution in [0.3, 0.4) is 0 Å². The minimum absolute atomic E-state index is 0.165. The van der Waals surface area contributed by atoms with Crippen LogP contribution in [0.15, 0.2) is 48.5 Å². The lowest BCUT2D eigenvalue weighted by Crippen LogP contribution is -1.92. The Morgan fingerprint density at radius 1 is 0.533 bits per heavy atom. The lowest BCUT2D eigenvalue weighted by molar-refractivity contribution is 0.460. The van der Waals surface area contributed by atoms with Gasteiger partial charge in [-0.05, 0) is 42.5 Å². The van der Waals surface area contributed by atoms with E-state index >= 15 is 0 Å². The topological polar surface area (TPSA) is 114 Å². The molecule has 8 heteroatoms. The van der Waals surface area contributed by atoms with Crippen LogP contribution in [0.1, 0.15) is 22.3 Å². The number of ether oxygens (including phenoxy) is 2. The summed E-state index contributed by atoms with van der Waals surface area (Å²) >= 11 is 12.4. The van der Waals surface area contributed by atoms with Crippen molar-refractivity contribution in [3.63, 3.8) is 0 Å². The number of nitriles is 4. The fourth-order valence-electron chi connectivity index (χ4n) is 2.47. The second kappa shape index (κ2) is 8.87. The summed E-state index contributed by atoms with van der Waals surface area (Å²) in [6, 6.07) is 19.4. The number of halogens is 2. The molecule has 0 amide bonds. The van der Waals surface area contributed by atoms with E-state index in [-0.39, 0.29) is 43.8 Å². The van der Waals surface area contributed by atoms with Crippen molar-refractivity contribution in [2.24, 2.45) is 0 Å². The van der Waals surface area contributed by atoms with Crippen LogP contribution in [0, 0.1) is 45.3 Å². The van der Waals surface area contributed by atoms with E-state index in [0.29, 0.717) is 11.5 Å². The molecule has 0 fully saturated rings. The van der Waals surface area contributed by atoms with Crippen molar-refractivity contribution in [1.82, 2.24) is 0 Å². The molecule has 3 aromatic carbocycles. The first-order valence-electron chi connectivity index (χ1n) is 8.22. The van der Waals surface area contributed by atoms with Crippen molar-refractivity contribution < 1.29 is 9.47 Å². The third-order valence-corrected chi connectivity index (χ3v) is 4.50. The van der Waals surface area contributed by atoms with Gasteiger partial charge in [0.15, 0.2) is 0 Å². The highest BCUT2D eigenvalue weighted by molar-refractivity contribution is 6.36. The molecule has 0 saturated heterocycles. The molecule has 0 aliphatic heterocycles. The van der Waals surface area contributed by atoms with E-state index in [9.17, 15) is 0 Å². The number of hydrogen-bond donors (Lipinski definition) is 0. The summed E-state index contributed by atoms with van der Waals surface area (Å²) in [5.74, 6) is 1.01. The maximum absolute atomic E-state index is 9.16. The van der Waals surface area contributed by atoms with E-state index < -0.39 is 0 Å². The molecule has 30 heavy (non-hydrogen) atoms. The van der Waals surface area contributed by atoms with Crippen LogP contribution < -0.4 is 9.47 Å². The van der Waals surface area contributed by atoms with Gasteiger partial charge in [-0.3, -0.25) is 0 Å². The lowest BCUT2D eigenvalue weighted by atomic mass is 10.1. The summed E-state index contributed by atoms with van der Waals surface area (Å²) < 4.78 is 11.5. The Kier molecular flexibility index (Phi) is 6.07. The van der Waals surface area contributed by atoms with Crippen molar-refractivity contribution in [3.8, 4) is 47.3 Å². The van der Waals surface area contributed by atoms with Crippen LogP contribution in [0.4, 0.5) is 0 Å². The largest absolute Gasteiger partial charge is 0.456 e. The van der Waals surface area contributed by atoms with Crippen LogP contribution in [0.5, 0.6) is 23.0 Å². The second-order valence-electron chi connectivity index (χ2n) is 5.78. The Labute approximate surface area is 181 Å². The quantitative estimate of drug-likeness (QED) is 0.496. The third kappa shape index (κ3) is 4.27. The number of nitrogens with zero attached hydrogens (tertiary/aromatic N) is 4. The molecular formula is C22H8Cl2N4O2. The summed E-state index contributed by atoms with van der Waals surface area (Å²) in [5, 5.41) is 36.8. The summed E-state index contributed by atoms with van der Waals surface area (Å²) in [4.78, 5) is 0. The van der Waals surface area contributed by atoms with Gasteiger partial charge in [0, 0.05) is 6.07 Å². The van der Waals surface area contributed by atoms with Gasteiger partial charge in [0.2, 0.25) is 0 Å². The molecule has 0 aliphatic carbocycles. The Morgan fingerprint density at radius 2 is 0.933 bits per heavy atom. The Morgan fingerprint density at radius 3 is 1.30 bits per heavy atom. The monoisotopic (exact) mass is 430 g/mol. The van der Waals surface area contributed by atoms with Crippen LogP contribution in [0.25, 0.3) is 0 Å². The Bertz CT molecular complexity index is 1230. The molecule has 0 N–H and O–H groups in total. The summed E-state index contributed by atoms with van der Waals surface area (Å²) in [6.45, 7) is 0. The zero-order valence-electron chi connectivity index (χ0n) is 15.0. The van der Waals surface area contributed by atoms with Crippen molar-refractivity contribution in [3.05, 3.63) is 80.8 Å². The van der Waals surface area contributed by atoms with Crippen molar-refractivity contribution >= 4 is 23.2 Å². The fourth-order valence-corrected chi connectivity index (χ4v) is 2.93. The molecule has 3 rings (SSSR count). The fraction of sp³-hybridized carbons (Fsp3) is 0. The maximum Gasteiger partial charge on any atom is 0.149 e. The number of benzene rings is 3. The van der Waals surface area contributed by atoms with Gasteiger partial charge in [-0.15, -0.1) is 0 Å². The maximum atomic E-state index is 9.16. The molecule has 0 aliphatic rings. The van der Waals surface area contributed by atoms with E-state index in [0.717, 1.165) is 0 Å². The van der Waals surface area contributed by atoms with E-state index in [2.05, 4.69) is 0 Å². The van der Waals surface area contributed by atoms with Gasteiger partial charge in [-0.2, -0.15) is 21.0 Å². The van der Waals surface area contributed by atoms with Gasteiger partial charge >= 0.3 is 0 Å². The van der Waals surface area contributed by atoms with Crippen LogP contribution in [-0.2, 0) is 0 Å².